The molecule has 3 N–H and O–H groups in total. The van der Waals surface area contributed by atoms with Crippen LogP contribution in [0.4, 0.5) is 0 Å². The van der Waals surface area contributed by atoms with Gasteiger partial charge in [0.25, 0.3) is 0 Å². The van der Waals surface area contributed by atoms with Crippen molar-refractivity contribution in [1.29, 1.82) is 0 Å². The third-order valence-electron chi connectivity index (χ3n) is 6.22. The van der Waals surface area contributed by atoms with Crippen LogP contribution >= 0.6 is 0 Å². The molecule has 0 aliphatic heterocycles. The van der Waals surface area contributed by atoms with E-state index in [4.69, 9.17) is 0 Å². The van der Waals surface area contributed by atoms with Gasteiger partial charge >= 0.3 is 0 Å². The molecule has 0 radical (unpaired) electrons. The van der Waals surface area contributed by atoms with E-state index in [-0.39, 0.29) is 17.9 Å². The maximum absolute atomic E-state index is 11.0. The number of hydrogen-bond acceptors (Lipinski definition) is 3. The SMILES string of the molecule is C=C1CCC(C(C)CCC(O)C(C)(C)O)C(O)C2C(C)=CCC12. The van der Waals surface area contributed by atoms with Gasteiger partial charge in [-0.1, -0.05) is 30.7 Å². The second kappa shape index (κ2) is 7.08. The molecule has 1 fully saturated rings. The first kappa shape index (κ1) is 18.7. The molecule has 6 unspecified atom stereocenters. The number of hydrogen-bond donors (Lipinski definition) is 3. The molecule has 0 aromatic heterocycles. The Labute approximate surface area is 141 Å². The second-order valence-corrected chi connectivity index (χ2v) is 8.39. The summed E-state index contributed by atoms with van der Waals surface area (Å²) < 4.78 is 0. The van der Waals surface area contributed by atoms with E-state index in [0.29, 0.717) is 18.3 Å². The first-order valence-electron chi connectivity index (χ1n) is 9.05. The first-order valence-corrected chi connectivity index (χ1v) is 9.05. The van der Waals surface area contributed by atoms with Crippen LogP contribution in [0.3, 0.4) is 0 Å². The summed E-state index contributed by atoms with van der Waals surface area (Å²) in [6.45, 7) is 11.9. The summed E-state index contributed by atoms with van der Waals surface area (Å²) in [5.74, 6) is 1.18. The molecule has 6 atom stereocenters. The van der Waals surface area contributed by atoms with Crippen LogP contribution < -0.4 is 0 Å². The Balaban J connectivity index is 2.03. The zero-order valence-corrected chi connectivity index (χ0v) is 15.1. The van der Waals surface area contributed by atoms with Crippen molar-refractivity contribution in [2.45, 2.75) is 77.6 Å². The average Bonchev–Trinajstić information content (AvgIpc) is 2.79. The number of aliphatic hydroxyl groups excluding tert-OH is 2. The summed E-state index contributed by atoms with van der Waals surface area (Å²) in [5.41, 5.74) is 1.53. The summed E-state index contributed by atoms with van der Waals surface area (Å²) in [6.07, 6.45) is 5.58. The van der Waals surface area contributed by atoms with Gasteiger partial charge in [0.1, 0.15) is 0 Å². The summed E-state index contributed by atoms with van der Waals surface area (Å²) in [6, 6.07) is 0. The van der Waals surface area contributed by atoms with Gasteiger partial charge in [0.2, 0.25) is 0 Å². The molecule has 0 spiro atoms. The largest absolute Gasteiger partial charge is 0.392 e. The minimum Gasteiger partial charge on any atom is -0.392 e. The predicted molar refractivity (Wildman–Crippen MR) is 93.9 cm³/mol. The fraction of sp³-hybridized carbons (Fsp3) is 0.800. The van der Waals surface area contributed by atoms with Crippen LogP contribution in [0.5, 0.6) is 0 Å². The molecule has 0 saturated heterocycles. The highest BCUT2D eigenvalue weighted by atomic mass is 16.3. The van der Waals surface area contributed by atoms with Gasteiger partial charge < -0.3 is 15.3 Å². The highest BCUT2D eigenvalue weighted by Gasteiger charge is 2.42. The lowest BCUT2D eigenvalue weighted by atomic mass is 9.76. The summed E-state index contributed by atoms with van der Waals surface area (Å²) in [4.78, 5) is 0. The molecule has 1 saturated carbocycles. The average molecular weight is 322 g/mol. The quantitative estimate of drug-likeness (QED) is 0.680. The van der Waals surface area contributed by atoms with Gasteiger partial charge in [0.15, 0.2) is 0 Å². The molecule has 0 aromatic rings. The number of fused-ring (bicyclic) bond motifs is 1. The monoisotopic (exact) mass is 322 g/mol. The fourth-order valence-corrected chi connectivity index (χ4v) is 4.42. The normalized spacial score (nSPS) is 34.6. The molecule has 3 nitrogen and oxygen atoms in total. The Bertz CT molecular complexity index is 460. The fourth-order valence-electron chi connectivity index (χ4n) is 4.42. The van der Waals surface area contributed by atoms with Crippen molar-refractivity contribution >= 4 is 0 Å². The van der Waals surface area contributed by atoms with Crippen molar-refractivity contribution in [2.24, 2.45) is 23.7 Å². The standard InChI is InChI=1S/C20H34O3/c1-12-6-10-16(13(2)8-11-17(21)20(4,5)23)19(22)18-14(3)7-9-15(12)18/h7,13,15-19,21-23H,1,6,8-11H2,2-5H3. The van der Waals surface area contributed by atoms with Crippen molar-refractivity contribution in [1.82, 2.24) is 0 Å². The lowest BCUT2D eigenvalue weighted by Crippen LogP contribution is -2.37. The Kier molecular flexibility index (Phi) is 5.76. The van der Waals surface area contributed by atoms with E-state index in [0.717, 1.165) is 25.7 Å². The van der Waals surface area contributed by atoms with Crippen LogP contribution in [0, 0.1) is 23.7 Å². The minimum atomic E-state index is -1.06. The van der Waals surface area contributed by atoms with Crippen LogP contribution in [-0.4, -0.2) is 33.1 Å². The Morgan fingerprint density at radius 1 is 1.35 bits per heavy atom. The van der Waals surface area contributed by atoms with Crippen LogP contribution in [-0.2, 0) is 0 Å². The lowest BCUT2D eigenvalue weighted by molar-refractivity contribution is -0.0562. The molecular formula is C20H34O3. The van der Waals surface area contributed by atoms with Gasteiger partial charge in [0.05, 0.1) is 17.8 Å². The van der Waals surface area contributed by atoms with Gasteiger partial charge in [-0.2, -0.15) is 0 Å². The molecular weight excluding hydrogens is 288 g/mol. The Morgan fingerprint density at radius 3 is 2.61 bits per heavy atom. The molecule has 0 aromatic carbocycles. The van der Waals surface area contributed by atoms with E-state index in [1.54, 1.807) is 13.8 Å². The maximum atomic E-state index is 11.0. The Hall–Kier alpha value is -0.640. The van der Waals surface area contributed by atoms with E-state index < -0.39 is 11.7 Å². The summed E-state index contributed by atoms with van der Waals surface area (Å²) in [7, 11) is 0. The third kappa shape index (κ3) is 4.07. The van der Waals surface area contributed by atoms with Gasteiger partial charge in [-0.05, 0) is 70.6 Å². The Morgan fingerprint density at radius 2 is 2.00 bits per heavy atom. The van der Waals surface area contributed by atoms with E-state index >= 15 is 0 Å². The minimum absolute atomic E-state index is 0.219. The smallest absolute Gasteiger partial charge is 0.0849 e. The molecule has 23 heavy (non-hydrogen) atoms. The zero-order valence-electron chi connectivity index (χ0n) is 15.1. The topological polar surface area (TPSA) is 60.7 Å². The zero-order chi connectivity index (χ0) is 17.4. The summed E-state index contributed by atoms with van der Waals surface area (Å²) in [5, 5.41) is 30.9. The number of rotatable bonds is 5. The van der Waals surface area contributed by atoms with Gasteiger partial charge in [0, 0.05) is 5.92 Å². The molecule has 2 aliphatic carbocycles. The second-order valence-electron chi connectivity index (χ2n) is 8.39. The predicted octanol–water partition coefficient (Wildman–Crippen LogP) is 3.44. The van der Waals surface area contributed by atoms with Crippen LogP contribution in [0.2, 0.25) is 0 Å². The van der Waals surface area contributed by atoms with Crippen LogP contribution in [0.25, 0.3) is 0 Å². The van der Waals surface area contributed by atoms with Crippen molar-refractivity contribution in [3.8, 4) is 0 Å². The molecule has 3 heteroatoms. The van der Waals surface area contributed by atoms with Crippen molar-refractivity contribution in [2.75, 3.05) is 0 Å². The number of allylic oxidation sites excluding steroid dienone is 2. The third-order valence-corrected chi connectivity index (χ3v) is 6.22. The molecule has 0 bridgehead atoms. The van der Waals surface area contributed by atoms with Gasteiger partial charge in [-0.15, -0.1) is 0 Å². The maximum Gasteiger partial charge on any atom is 0.0849 e. The summed E-state index contributed by atoms with van der Waals surface area (Å²) >= 11 is 0. The highest BCUT2D eigenvalue weighted by molar-refractivity contribution is 5.24. The van der Waals surface area contributed by atoms with E-state index in [1.807, 2.05) is 0 Å². The number of aliphatic hydroxyl groups is 3. The van der Waals surface area contributed by atoms with Gasteiger partial charge in [-0.3, -0.25) is 0 Å². The van der Waals surface area contributed by atoms with Crippen LogP contribution in [0.15, 0.2) is 23.8 Å². The van der Waals surface area contributed by atoms with E-state index in [2.05, 4.69) is 26.5 Å². The first-order chi connectivity index (χ1) is 10.6. The van der Waals surface area contributed by atoms with Crippen molar-refractivity contribution in [3.63, 3.8) is 0 Å². The molecule has 132 valence electrons. The van der Waals surface area contributed by atoms with E-state index in [9.17, 15) is 15.3 Å². The molecule has 0 amide bonds. The highest BCUT2D eigenvalue weighted by Crippen LogP contribution is 2.47. The van der Waals surface area contributed by atoms with E-state index in [1.165, 1.54) is 11.1 Å². The molecule has 0 heterocycles. The van der Waals surface area contributed by atoms with Crippen LogP contribution in [0.1, 0.15) is 59.8 Å². The molecule has 2 aliphatic rings. The molecule has 2 rings (SSSR count). The lowest BCUT2D eigenvalue weighted by Gasteiger charge is -2.34. The van der Waals surface area contributed by atoms with Crippen molar-refractivity contribution < 1.29 is 15.3 Å². The van der Waals surface area contributed by atoms with Gasteiger partial charge in [-0.25, -0.2) is 0 Å². The van der Waals surface area contributed by atoms with Crippen molar-refractivity contribution in [3.05, 3.63) is 23.8 Å².